The monoisotopic (exact) mass is 284 g/mol. The van der Waals surface area contributed by atoms with Crippen molar-refractivity contribution in [3.05, 3.63) is 33.8 Å². The van der Waals surface area contributed by atoms with Crippen LogP contribution in [-0.4, -0.2) is 23.8 Å². The van der Waals surface area contributed by atoms with E-state index >= 15 is 0 Å². The van der Waals surface area contributed by atoms with Crippen molar-refractivity contribution in [2.24, 2.45) is 0 Å². The third-order valence-electron chi connectivity index (χ3n) is 2.65. The van der Waals surface area contributed by atoms with Crippen LogP contribution in [-0.2, 0) is 0 Å². The summed E-state index contributed by atoms with van der Waals surface area (Å²) in [7, 11) is 3.16. The Morgan fingerprint density at radius 1 is 1.22 bits per heavy atom. The first-order chi connectivity index (χ1) is 8.58. The lowest BCUT2D eigenvalue weighted by molar-refractivity contribution is 0.401. The van der Waals surface area contributed by atoms with Gasteiger partial charge in [-0.05, 0) is 19.1 Å². The van der Waals surface area contributed by atoms with Gasteiger partial charge >= 0.3 is 0 Å². The Balaban J connectivity index is 2.73. The molecule has 0 unspecified atom stereocenters. The number of benzene rings is 1. The molecule has 0 atom stereocenters. The maximum absolute atomic E-state index is 6.07. The summed E-state index contributed by atoms with van der Waals surface area (Å²) in [6.07, 6.45) is 1.84. The molecule has 6 heteroatoms. The van der Waals surface area contributed by atoms with Crippen LogP contribution >= 0.6 is 23.8 Å². The maximum atomic E-state index is 6.07. The van der Waals surface area contributed by atoms with Crippen LogP contribution in [0.3, 0.4) is 0 Å². The molecule has 1 N–H and O–H groups in total. The van der Waals surface area contributed by atoms with Crippen molar-refractivity contribution >= 4 is 23.8 Å². The number of nitrogens with one attached hydrogen (secondary N) is 1. The topological polar surface area (TPSA) is 39.2 Å². The minimum absolute atomic E-state index is 0.498. The largest absolute Gasteiger partial charge is 0.495 e. The molecule has 0 aliphatic heterocycles. The van der Waals surface area contributed by atoms with Crippen molar-refractivity contribution in [1.29, 1.82) is 0 Å². The third-order valence-corrected chi connectivity index (χ3v) is 3.25. The van der Waals surface area contributed by atoms with E-state index in [1.807, 2.05) is 17.7 Å². The second-order valence-electron chi connectivity index (χ2n) is 3.73. The smallest absolute Gasteiger partial charge is 0.182 e. The predicted molar refractivity (Wildman–Crippen MR) is 73.8 cm³/mol. The number of imidazole rings is 1. The second kappa shape index (κ2) is 5.04. The van der Waals surface area contributed by atoms with Gasteiger partial charge in [0.15, 0.2) is 4.77 Å². The first-order valence-electron chi connectivity index (χ1n) is 5.27. The Labute approximate surface area is 115 Å². The summed E-state index contributed by atoms with van der Waals surface area (Å²) in [5.74, 6) is 1.22. The number of hydrogen-bond donors (Lipinski definition) is 1. The lowest BCUT2D eigenvalue weighted by Crippen LogP contribution is -2.01. The molecule has 2 aromatic rings. The molecule has 96 valence electrons. The highest BCUT2D eigenvalue weighted by atomic mass is 35.5. The van der Waals surface area contributed by atoms with Crippen LogP contribution in [0.15, 0.2) is 18.3 Å². The van der Waals surface area contributed by atoms with Crippen molar-refractivity contribution in [3.63, 3.8) is 0 Å². The summed E-state index contributed by atoms with van der Waals surface area (Å²) in [5, 5.41) is 0.498. The van der Waals surface area contributed by atoms with E-state index in [2.05, 4.69) is 4.98 Å². The lowest BCUT2D eigenvalue weighted by atomic mass is 10.2. The van der Waals surface area contributed by atoms with Gasteiger partial charge in [-0.25, -0.2) is 0 Å². The van der Waals surface area contributed by atoms with E-state index in [1.165, 1.54) is 0 Å². The molecule has 0 aliphatic rings. The van der Waals surface area contributed by atoms with E-state index in [0.717, 1.165) is 11.4 Å². The molecule has 18 heavy (non-hydrogen) atoms. The minimum atomic E-state index is 0.498. The number of nitrogens with zero attached hydrogens (tertiary/aromatic N) is 1. The molecule has 0 saturated heterocycles. The van der Waals surface area contributed by atoms with Crippen molar-refractivity contribution in [2.75, 3.05) is 14.2 Å². The number of methoxy groups -OCH3 is 2. The van der Waals surface area contributed by atoms with E-state index in [-0.39, 0.29) is 0 Å². The number of halogens is 1. The summed E-state index contributed by atoms with van der Waals surface area (Å²) >= 11 is 11.3. The predicted octanol–water partition coefficient (Wildman–Crippen LogP) is 3.51. The quantitative estimate of drug-likeness (QED) is 0.877. The van der Waals surface area contributed by atoms with Crippen molar-refractivity contribution in [1.82, 2.24) is 9.55 Å². The van der Waals surface area contributed by atoms with Gasteiger partial charge in [0.1, 0.15) is 11.5 Å². The van der Waals surface area contributed by atoms with E-state index in [1.54, 1.807) is 26.4 Å². The van der Waals surface area contributed by atoms with Crippen LogP contribution in [0.2, 0.25) is 5.02 Å². The molecule has 0 aliphatic carbocycles. The highest BCUT2D eigenvalue weighted by Crippen LogP contribution is 2.35. The van der Waals surface area contributed by atoms with Crippen molar-refractivity contribution < 1.29 is 9.47 Å². The molecule has 1 heterocycles. The molecule has 0 radical (unpaired) electrons. The average Bonchev–Trinajstić information content (AvgIpc) is 2.69. The summed E-state index contributed by atoms with van der Waals surface area (Å²) in [4.78, 5) is 2.99. The zero-order chi connectivity index (χ0) is 13.3. The van der Waals surface area contributed by atoms with Crippen LogP contribution in [0.25, 0.3) is 5.69 Å². The second-order valence-corrected chi connectivity index (χ2v) is 4.52. The number of aromatic amines is 1. The summed E-state index contributed by atoms with van der Waals surface area (Å²) < 4.78 is 13.0. The number of aromatic nitrogens is 2. The van der Waals surface area contributed by atoms with Gasteiger partial charge in [0, 0.05) is 24.0 Å². The Bertz CT molecular complexity index is 633. The van der Waals surface area contributed by atoms with Gasteiger partial charge < -0.3 is 14.5 Å². The van der Waals surface area contributed by atoms with E-state index in [9.17, 15) is 0 Å². The minimum Gasteiger partial charge on any atom is -0.495 e. The molecular weight excluding hydrogens is 272 g/mol. The normalized spacial score (nSPS) is 10.4. The molecule has 1 aromatic carbocycles. The van der Waals surface area contributed by atoms with Crippen LogP contribution in [0.4, 0.5) is 0 Å². The Morgan fingerprint density at radius 3 is 2.39 bits per heavy atom. The fourth-order valence-electron chi connectivity index (χ4n) is 1.77. The zero-order valence-electron chi connectivity index (χ0n) is 10.3. The fourth-order valence-corrected chi connectivity index (χ4v) is 2.31. The highest BCUT2D eigenvalue weighted by Gasteiger charge is 2.13. The van der Waals surface area contributed by atoms with Crippen molar-refractivity contribution in [3.8, 4) is 17.2 Å². The summed E-state index contributed by atoms with van der Waals surface area (Å²) in [6.45, 7) is 1.95. The molecule has 0 spiro atoms. The van der Waals surface area contributed by atoms with Crippen LogP contribution < -0.4 is 9.47 Å². The van der Waals surface area contributed by atoms with Crippen LogP contribution in [0.1, 0.15) is 5.69 Å². The number of rotatable bonds is 3. The van der Waals surface area contributed by atoms with Gasteiger partial charge in [-0.3, -0.25) is 4.57 Å². The Morgan fingerprint density at radius 2 is 1.89 bits per heavy atom. The Hall–Kier alpha value is -1.46. The maximum Gasteiger partial charge on any atom is 0.182 e. The number of H-pyrrole nitrogens is 1. The lowest BCUT2D eigenvalue weighted by Gasteiger charge is -2.13. The zero-order valence-corrected chi connectivity index (χ0v) is 11.9. The number of hydrogen-bond acceptors (Lipinski definition) is 3. The van der Waals surface area contributed by atoms with Crippen LogP contribution in [0, 0.1) is 11.7 Å². The molecule has 0 saturated carbocycles. The highest BCUT2D eigenvalue weighted by molar-refractivity contribution is 7.71. The molecule has 2 rings (SSSR count). The van der Waals surface area contributed by atoms with Gasteiger partial charge in [0.25, 0.3) is 0 Å². The third kappa shape index (κ3) is 2.11. The number of aryl methyl sites for hydroxylation is 1. The van der Waals surface area contributed by atoms with E-state index in [0.29, 0.717) is 21.3 Å². The average molecular weight is 285 g/mol. The first kappa shape index (κ1) is 13.0. The van der Waals surface area contributed by atoms with Gasteiger partial charge in [-0.2, -0.15) is 0 Å². The van der Waals surface area contributed by atoms with E-state index in [4.69, 9.17) is 33.3 Å². The Kier molecular flexibility index (Phi) is 3.63. The number of ether oxygens (including phenoxy) is 2. The first-order valence-corrected chi connectivity index (χ1v) is 6.06. The van der Waals surface area contributed by atoms with Gasteiger partial charge in [-0.15, -0.1) is 0 Å². The van der Waals surface area contributed by atoms with Crippen LogP contribution in [0.5, 0.6) is 11.5 Å². The molecule has 1 aromatic heterocycles. The molecule has 0 bridgehead atoms. The molecule has 0 amide bonds. The SMILES string of the molecule is COc1cc(-n2c(C)c[nH]c2=S)c(OC)cc1Cl. The summed E-state index contributed by atoms with van der Waals surface area (Å²) in [5.41, 5.74) is 1.77. The van der Waals surface area contributed by atoms with Gasteiger partial charge in [-0.1, -0.05) is 11.6 Å². The van der Waals surface area contributed by atoms with Gasteiger partial charge in [0.05, 0.1) is 24.9 Å². The van der Waals surface area contributed by atoms with Crippen molar-refractivity contribution in [2.45, 2.75) is 6.92 Å². The van der Waals surface area contributed by atoms with E-state index < -0.39 is 0 Å². The molecular formula is C12H13ClN2O2S. The van der Waals surface area contributed by atoms with Gasteiger partial charge in [0.2, 0.25) is 0 Å². The molecule has 4 nitrogen and oxygen atoms in total. The molecule has 0 fully saturated rings. The standard InChI is InChI=1S/C12H13ClN2O2S/c1-7-6-14-12(18)15(7)9-5-10(16-2)8(13)4-11(9)17-3/h4-6H,1-3H3,(H,14,18). The summed E-state index contributed by atoms with van der Waals surface area (Å²) in [6, 6.07) is 3.52. The fraction of sp³-hybridized carbons (Fsp3) is 0.250.